The van der Waals surface area contributed by atoms with E-state index < -0.39 is 0 Å². The second-order valence-corrected chi connectivity index (χ2v) is 6.50. The maximum Gasteiger partial charge on any atom is 0.223 e. The van der Waals surface area contributed by atoms with E-state index >= 15 is 0 Å². The maximum atomic E-state index is 12.9. The number of rotatable bonds is 6. The van der Waals surface area contributed by atoms with Gasteiger partial charge in [-0.15, -0.1) is 0 Å². The van der Waals surface area contributed by atoms with Crippen LogP contribution in [-0.4, -0.2) is 23.4 Å². The molecule has 0 heterocycles. The van der Waals surface area contributed by atoms with Gasteiger partial charge in [-0.05, 0) is 42.9 Å². The Balaban J connectivity index is 1.97. The van der Waals surface area contributed by atoms with Crippen LogP contribution in [0.25, 0.3) is 0 Å². The summed E-state index contributed by atoms with van der Waals surface area (Å²) in [4.78, 5) is 14.6. The third-order valence-electron chi connectivity index (χ3n) is 4.22. The van der Waals surface area contributed by atoms with Gasteiger partial charge in [-0.1, -0.05) is 38.8 Å². The Labute approximate surface area is 127 Å². The minimum absolute atomic E-state index is 0.206. The van der Waals surface area contributed by atoms with Crippen LogP contribution in [0.4, 0.5) is 4.39 Å². The molecule has 0 N–H and O–H groups in total. The molecule has 0 bridgehead atoms. The van der Waals surface area contributed by atoms with E-state index in [0.29, 0.717) is 18.4 Å². The van der Waals surface area contributed by atoms with Gasteiger partial charge in [-0.2, -0.15) is 0 Å². The first-order chi connectivity index (χ1) is 10.1. The second-order valence-electron chi connectivity index (χ2n) is 6.50. The summed E-state index contributed by atoms with van der Waals surface area (Å²) >= 11 is 0. The lowest BCUT2D eigenvalue weighted by molar-refractivity contribution is -0.134. The molecule has 1 aromatic rings. The SMILES string of the molecule is CC(C)CC(=O)N(CCc1ccc(F)cc1)C1CCCC1. The van der Waals surface area contributed by atoms with Crippen LogP contribution >= 0.6 is 0 Å². The standard InChI is InChI=1S/C18H26FNO/c1-14(2)13-18(21)20(17-5-3-4-6-17)12-11-15-7-9-16(19)10-8-15/h7-10,14,17H,3-6,11-13H2,1-2H3. The maximum absolute atomic E-state index is 12.9. The second kappa shape index (κ2) is 7.58. The van der Waals surface area contributed by atoms with Crippen molar-refractivity contribution in [1.82, 2.24) is 4.90 Å². The highest BCUT2D eigenvalue weighted by Crippen LogP contribution is 2.25. The van der Waals surface area contributed by atoms with Gasteiger partial charge in [-0.25, -0.2) is 4.39 Å². The topological polar surface area (TPSA) is 20.3 Å². The fourth-order valence-corrected chi connectivity index (χ4v) is 3.09. The van der Waals surface area contributed by atoms with Gasteiger partial charge in [-0.3, -0.25) is 4.79 Å². The van der Waals surface area contributed by atoms with Crippen molar-refractivity contribution in [3.63, 3.8) is 0 Å². The lowest BCUT2D eigenvalue weighted by Crippen LogP contribution is -2.40. The summed E-state index contributed by atoms with van der Waals surface area (Å²) in [6, 6.07) is 7.03. The molecule has 0 radical (unpaired) electrons. The smallest absolute Gasteiger partial charge is 0.223 e. The van der Waals surface area contributed by atoms with Crippen LogP contribution < -0.4 is 0 Å². The van der Waals surface area contributed by atoms with Crippen molar-refractivity contribution >= 4 is 5.91 Å². The Morgan fingerprint density at radius 3 is 2.43 bits per heavy atom. The van der Waals surface area contributed by atoms with Crippen molar-refractivity contribution in [1.29, 1.82) is 0 Å². The van der Waals surface area contributed by atoms with Crippen LogP contribution in [0.1, 0.15) is 51.5 Å². The van der Waals surface area contributed by atoms with E-state index in [1.807, 2.05) is 12.1 Å². The molecule has 0 spiro atoms. The fourth-order valence-electron chi connectivity index (χ4n) is 3.09. The molecule has 2 nitrogen and oxygen atoms in total. The summed E-state index contributed by atoms with van der Waals surface area (Å²) < 4.78 is 12.9. The molecule has 116 valence electrons. The Kier molecular flexibility index (Phi) is 5.77. The lowest BCUT2D eigenvalue weighted by atomic mass is 10.1. The molecule has 3 heteroatoms. The number of amides is 1. The molecule has 1 amide bonds. The molecule has 1 aliphatic carbocycles. The summed E-state index contributed by atoms with van der Waals surface area (Å²) in [6.07, 6.45) is 6.15. The van der Waals surface area contributed by atoms with E-state index in [9.17, 15) is 9.18 Å². The Morgan fingerprint density at radius 1 is 1.24 bits per heavy atom. The van der Waals surface area contributed by atoms with E-state index in [-0.39, 0.29) is 11.7 Å². The summed E-state index contributed by atoms with van der Waals surface area (Å²) in [5.74, 6) is 0.466. The summed E-state index contributed by atoms with van der Waals surface area (Å²) in [7, 11) is 0. The number of halogens is 1. The van der Waals surface area contributed by atoms with E-state index in [1.54, 1.807) is 0 Å². The molecule has 1 aliphatic rings. The van der Waals surface area contributed by atoms with Gasteiger partial charge < -0.3 is 4.90 Å². The third kappa shape index (κ3) is 4.83. The van der Waals surface area contributed by atoms with Gasteiger partial charge in [0.2, 0.25) is 5.91 Å². The molecule has 0 aliphatic heterocycles. The summed E-state index contributed by atoms with van der Waals surface area (Å²) in [5.41, 5.74) is 1.09. The zero-order valence-corrected chi connectivity index (χ0v) is 13.1. The van der Waals surface area contributed by atoms with E-state index in [0.717, 1.165) is 31.4 Å². The number of carbonyl (C=O) groups is 1. The van der Waals surface area contributed by atoms with Crippen molar-refractivity contribution in [3.8, 4) is 0 Å². The highest BCUT2D eigenvalue weighted by molar-refractivity contribution is 5.76. The quantitative estimate of drug-likeness (QED) is 0.769. The van der Waals surface area contributed by atoms with E-state index in [4.69, 9.17) is 0 Å². The largest absolute Gasteiger partial charge is 0.339 e. The van der Waals surface area contributed by atoms with Crippen LogP contribution in [0.2, 0.25) is 0 Å². The number of nitrogens with zero attached hydrogens (tertiary/aromatic N) is 1. The molecule has 0 unspecified atom stereocenters. The van der Waals surface area contributed by atoms with Gasteiger partial charge in [0, 0.05) is 19.0 Å². The first-order valence-electron chi connectivity index (χ1n) is 8.10. The van der Waals surface area contributed by atoms with Crippen LogP contribution in [0, 0.1) is 11.7 Å². The Hall–Kier alpha value is -1.38. The molecule has 0 atom stereocenters. The van der Waals surface area contributed by atoms with Crippen molar-refractivity contribution < 1.29 is 9.18 Å². The van der Waals surface area contributed by atoms with Gasteiger partial charge in [0.25, 0.3) is 0 Å². The fraction of sp³-hybridized carbons (Fsp3) is 0.611. The minimum Gasteiger partial charge on any atom is -0.339 e. The zero-order chi connectivity index (χ0) is 15.2. The predicted octanol–water partition coefficient (Wildman–Crippen LogP) is 4.19. The monoisotopic (exact) mass is 291 g/mol. The molecule has 2 rings (SSSR count). The number of hydrogen-bond donors (Lipinski definition) is 0. The molecule has 21 heavy (non-hydrogen) atoms. The number of hydrogen-bond acceptors (Lipinski definition) is 1. The van der Waals surface area contributed by atoms with Gasteiger partial charge in [0.15, 0.2) is 0 Å². The number of carbonyl (C=O) groups excluding carboxylic acids is 1. The minimum atomic E-state index is -0.206. The predicted molar refractivity (Wildman–Crippen MR) is 83.5 cm³/mol. The average Bonchev–Trinajstić information content (AvgIpc) is 2.94. The van der Waals surface area contributed by atoms with Crippen molar-refractivity contribution in [3.05, 3.63) is 35.6 Å². The Bertz CT molecular complexity index is 449. The summed E-state index contributed by atoms with van der Waals surface area (Å²) in [5, 5.41) is 0. The van der Waals surface area contributed by atoms with Crippen LogP contribution in [0.3, 0.4) is 0 Å². The van der Waals surface area contributed by atoms with Crippen molar-refractivity contribution in [2.75, 3.05) is 6.54 Å². The first kappa shape index (κ1) is 16.0. The number of benzene rings is 1. The van der Waals surface area contributed by atoms with Gasteiger partial charge in [0.05, 0.1) is 0 Å². The average molecular weight is 291 g/mol. The van der Waals surface area contributed by atoms with Crippen LogP contribution in [-0.2, 0) is 11.2 Å². The third-order valence-corrected chi connectivity index (χ3v) is 4.22. The van der Waals surface area contributed by atoms with Crippen molar-refractivity contribution in [2.24, 2.45) is 5.92 Å². The summed E-state index contributed by atoms with van der Waals surface area (Å²) in [6.45, 7) is 4.93. The first-order valence-corrected chi connectivity index (χ1v) is 8.10. The normalized spacial score (nSPS) is 15.6. The highest BCUT2D eigenvalue weighted by Gasteiger charge is 2.26. The van der Waals surface area contributed by atoms with Crippen LogP contribution in [0.15, 0.2) is 24.3 Å². The molecular weight excluding hydrogens is 265 g/mol. The molecule has 0 aromatic heterocycles. The van der Waals surface area contributed by atoms with E-state index in [1.165, 1.54) is 25.0 Å². The molecule has 1 aromatic carbocycles. The molecule has 1 fully saturated rings. The molecular formula is C18H26FNO. The Morgan fingerprint density at radius 2 is 1.86 bits per heavy atom. The van der Waals surface area contributed by atoms with Crippen molar-refractivity contribution in [2.45, 2.75) is 58.4 Å². The lowest BCUT2D eigenvalue weighted by Gasteiger charge is -2.30. The highest BCUT2D eigenvalue weighted by atomic mass is 19.1. The zero-order valence-electron chi connectivity index (χ0n) is 13.1. The molecule has 1 saturated carbocycles. The molecule has 0 saturated heterocycles. The van der Waals surface area contributed by atoms with Gasteiger partial charge in [0.1, 0.15) is 5.82 Å². The van der Waals surface area contributed by atoms with Gasteiger partial charge >= 0.3 is 0 Å². The van der Waals surface area contributed by atoms with Crippen LogP contribution in [0.5, 0.6) is 0 Å². The van der Waals surface area contributed by atoms with E-state index in [2.05, 4.69) is 18.7 Å².